The van der Waals surface area contributed by atoms with Gasteiger partial charge in [-0.1, -0.05) is 44.2 Å². The van der Waals surface area contributed by atoms with Crippen LogP contribution in [0.2, 0.25) is 0 Å². The number of esters is 2. The molecule has 1 rings (SSSR count). The minimum absolute atomic E-state index is 0.00926. The Balaban J connectivity index is 0.000000688. The average Bonchev–Trinajstić information content (AvgIpc) is 2.51. The second-order valence-electron chi connectivity index (χ2n) is 5.15. The quantitative estimate of drug-likeness (QED) is 0.613. The Bertz CT molecular complexity index is 485. The van der Waals surface area contributed by atoms with Crippen LogP contribution < -0.4 is 5.73 Å². The molecule has 6 heteroatoms. The molecule has 1 amide bonds. The van der Waals surface area contributed by atoms with Gasteiger partial charge in [0.25, 0.3) is 0 Å². The Labute approximate surface area is 137 Å². The monoisotopic (exact) mass is 323 g/mol. The van der Waals surface area contributed by atoms with E-state index in [1.165, 1.54) is 6.92 Å². The molecule has 2 N–H and O–H groups in total. The summed E-state index contributed by atoms with van der Waals surface area (Å²) in [6, 6.07) is 9.48. The van der Waals surface area contributed by atoms with Crippen molar-refractivity contribution < 1.29 is 23.9 Å². The van der Waals surface area contributed by atoms with Crippen LogP contribution in [0, 0.1) is 5.92 Å². The second-order valence-corrected chi connectivity index (χ2v) is 5.15. The third-order valence-electron chi connectivity index (χ3n) is 2.64. The summed E-state index contributed by atoms with van der Waals surface area (Å²) in [5.41, 5.74) is 5.76. The molecule has 0 bridgehead atoms. The van der Waals surface area contributed by atoms with Crippen molar-refractivity contribution in [2.45, 2.75) is 40.2 Å². The van der Waals surface area contributed by atoms with Crippen molar-refractivity contribution in [3.63, 3.8) is 0 Å². The first-order valence-electron chi connectivity index (χ1n) is 7.45. The molecule has 0 spiro atoms. The molecule has 1 aromatic carbocycles. The minimum Gasteiger partial charge on any atom is -0.466 e. The van der Waals surface area contributed by atoms with Crippen molar-refractivity contribution >= 4 is 17.8 Å². The Morgan fingerprint density at radius 3 is 2.13 bits per heavy atom. The normalized spacial score (nSPS) is 9.57. The van der Waals surface area contributed by atoms with E-state index in [0.717, 1.165) is 5.56 Å². The van der Waals surface area contributed by atoms with Crippen LogP contribution in [-0.2, 0) is 30.5 Å². The molecule has 0 radical (unpaired) electrons. The van der Waals surface area contributed by atoms with Gasteiger partial charge in [0.1, 0.15) is 6.61 Å². The smallest absolute Gasteiger partial charge is 0.306 e. The summed E-state index contributed by atoms with van der Waals surface area (Å²) >= 11 is 0. The first kappa shape index (κ1) is 20.6. The predicted molar refractivity (Wildman–Crippen MR) is 86.1 cm³/mol. The molecule has 0 aliphatic carbocycles. The molecule has 0 saturated carbocycles. The van der Waals surface area contributed by atoms with Gasteiger partial charge in [0, 0.05) is 19.3 Å². The zero-order valence-electron chi connectivity index (χ0n) is 13.9. The van der Waals surface area contributed by atoms with E-state index in [1.807, 2.05) is 30.3 Å². The summed E-state index contributed by atoms with van der Waals surface area (Å²) < 4.78 is 9.76. The van der Waals surface area contributed by atoms with Crippen LogP contribution in [0.25, 0.3) is 0 Å². The summed E-state index contributed by atoms with van der Waals surface area (Å²) in [5.74, 6) is -0.858. The van der Waals surface area contributed by atoms with Crippen molar-refractivity contribution in [3.8, 4) is 0 Å². The van der Waals surface area contributed by atoms with Crippen LogP contribution in [0.4, 0.5) is 0 Å². The molecule has 0 aliphatic rings. The van der Waals surface area contributed by atoms with Crippen molar-refractivity contribution in [2.24, 2.45) is 11.7 Å². The molecule has 0 heterocycles. The van der Waals surface area contributed by atoms with Gasteiger partial charge in [-0.2, -0.15) is 0 Å². The highest BCUT2D eigenvalue weighted by Gasteiger charge is 2.03. The lowest BCUT2D eigenvalue weighted by Gasteiger charge is -2.05. The first-order valence-corrected chi connectivity index (χ1v) is 7.45. The molecule has 6 nitrogen and oxygen atoms in total. The van der Waals surface area contributed by atoms with E-state index in [9.17, 15) is 14.4 Å². The van der Waals surface area contributed by atoms with Crippen LogP contribution in [0.5, 0.6) is 0 Å². The predicted octanol–water partition coefficient (Wildman–Crippen LogP) is 2.20. The molecule has 0 saturated heterocycles. The Morgan fingerprint density at radius 1 is 1.09 bits per heavy atom. The number of carbonyl (C=O) groups excluding carboxylic acids is 3. The molecular weight excluding hydrogens is 298 g/mol. The van der Waals surface area contributed by atoms with E-state index in [-0.39, 0.29) is 43.4 Å². The van der Waals surface area contributed by atoms with E-state index in [4.69, 9.17) is 15.2 Å². The first-order chi connectivity index (χ1) is 10.8. The fourth-order valence-corrected chi connectivity index (χ4v) is 1.24. The standard InChI is InChI=1S/C13H16O4.C4H9NO/c1-11(14)16-9-5-8-13(15)17-10-12-6-3-2-4-7-12;1-3(2)4(5)6/h2-4,6-7H,5,8-10H2,1H3;3H,1-2H3,(H2,5,6). The van der Waals surface area contributed by atoms with Gasteiger partial charge in [0.2, 0.25) is 5.91 Å². The van der Waals surface area contributed by atoms with Crippen molar-refractivity contribution in [1.29, 1.82) is 0 Å². The molecule has 23 heavy (non-hydrogen) atoms. The maximum Gasteiger partial charge on any atom is 0.306 e. The molecule has 1 aromatic rings. The number of rotatable bonds is 7. The maximum atomic E-state index is 11.3. The lowest BCUT2D eigenvalue weighted by Crippen LogP contribution is -2.17. The molecule has 0 aliphatic heterocycles. The SMILES string of the molecule is CC(=O)OCCCC(=O)OCc1ccccc1.CC(C)C(N)=O. The Kier molecular flexibility index (Phi) is 10.9. The van der Waals surface area contributed by atoms with Gasteiger partial charge >= 0.3 is 11.9 Å². The van der Waals surface area contributed by atoms with Gasteiger partial charge < -0.3 is 15.2 Å². The molecular formula is C17H25NO5. The van der Waals surface area contributed by atoms with Crippen LogP contribution in [0.1, 0.15) is 39.2 Å². The number of nitrogens with two attached hydrogens (primary N) is 1. The summed E-state index contributed by atoms with van der Waals surface area (Å²) in [6.45, 7) is 5.42. The summed E-state index contributed by atoms with van der Waals surface area (Å²) in [7, 11) is 0. The van der Waals surface area contributed by atoms with Crippen LogP contribution in [0.15, 0.2) is 30.3 Å². The van der Waals surface area contributed by atoms with Gasteiger partial charge in [-0.3, -0.25) is 14.4 Å². The Hall–Kier alpha value is -2.37. The van der Waals surface area contributed by atoms with Gasteiger partial charge in [0.15, 0.2) is 0 Å². The number of ether oxygens (including phenoxy) is 2. The van der Waals surface area contributed by atoms with Crippen molar-refractivity contribution in [3.05, 3.63) is 35.9 Å². The van der Waals surface area contributed by atoms with Crippen molar-refractivity contribution in [2.75, 3.05) is 6.61 Å². The number of carbonyl (C=O) groups is 3. The minimum atomic E-state index is -0.331. The summed E-state index contributed by atoms with van der Waals surface area (Å²) in [5, 5.41) is 0. The third kappa shape index (κ3) is 13.0. The van der Waals surface area contributed by atoms with Crippen molar-refractivity contribution in [1.82, 2.24) is 0 Å². The highest BCUT2D eigenvalue weighted by molar-refractivity contribution is 5.75. The summed E-state index contributed by atoms with van der Waals surface area (Å²) in [6.07, 6.45) is 0.757. The fourth-order valence-electron chi connectivity index (χ4n) is 1.24. The largest absolute Gasteiger partial charge is 0.466 e. The topological polar surface area (TPSA) is 95.7 Å². The molecule has 0 aromatic heterocycles. The molecule has 0 fully saturated rings. The Morgan fingerprint density at radius 2 is 1.65 bits per heavy atom. The maximum absolute atomic E-state index is 11.3. The van der Waals surface area contributed by atoms with Crippen LogP contribution in [-0.4, -0.2) is 24.5 Å². The van der Waals surface area contributed by atoms with E-state index < -0.39 is 0 Å². The molecule has 0 atom stereocenters. The highest BCUT2D eigenvalue weighted by atomic mass is 16.5. The van der Waals surface area contributed by atoms with E-state index in [0.29, 0.717) is 6.42 Å². The zero-order valence-corrected chi connectivity index (χ0v) is 13.9. The average molecular weight is 323 g/mol. The molecule has 0 unspecified atom stereocenters. The zero-order chi connectivity index (χ0) is 17.7. The number of hydrogen-bond donors (Lipinski definition) is 1. The second kappa shape index (κ2) is 12.2. The van der Waals surface area contributed by atoms with Crippen LogP contribution >= 0.6 is 0 Å². The van der Waals surface area contributed by atoms with E-state index >= 15 is 0 Å². The molecule has 128 valence electrons. The number of primary amides is 1. The van der Waals surface area contributed by atoms with Gasteiger partial charge in [-0.15, -0.1) is 0 Å². The van der Waals surface area contributed by atoms with Crippen LogP contribution in [0.3, 0.4) is 0 Å². The lowest BCUT2D eigenvalue weighted by atomic mass is 10.2. The third-order valence-corrected chi connectivity index (χ3v) is 2.64. The van der Waals surface area contributed by atoms with E-state index in [1.54, 1.807) is 13.8 Å². The highest BCUT2D eigenvalue weighted by Crippen LogP contribution is 2.02. The summed E-state index contributed by atoms with van der Waals surface area (Å²) in [4.78, 5) is 31.7. The number of hydrogen-bond acceptors (Lipinski definition) is 5. The van der Waals surface area contributed by atoms with Gasteiger partial charge in [-0.05, 0) is 12.0 Å². The number of amides is 1. The fraction of sp³-hybridized carbons (Fsp3) is 0.471. The van der Waals surface area contributed by atoms with E-state index in [2.05, 4.69) is 0 Å². The van der Waals surface area contributed by atoms with Gasteiger partial charge in [-0.25, -0.2) is 0 Å². The lowest BCUT2D eigenvalue weighted by molar-refractivity contribution is -0.147. The number of benzene rings is 1. The van der Waals surface area contributed by atoms with Gasteiger partial charge in [0.05, 0.1) is 6.61 Å².